The average Bonchev–Trinajstić information content (AvgIpc) is 2.59. The molecule has 6 heteroatoms. The highest BCUT2D eigenvalue weighted by molar-refractivity contribution is 5.81. The van der Waals surface area contributed by atoms with E-state index in [1.165, 1.54) is 0 Å². The molecule has 0 aliphatic carbocycles. The minimum absolute atomic E-state index is 0.0329. The van der Waals surface area contributed by atoms with Gasteiger partial charge >= 0.3 is 0 Å². The van der Waals surface area contributed by atoms with E-state index in [-0.39, 0.29) is 11.3 Å². The molecule has 0 aliphatic heterocycles. The largest absolute Gasteiger partial charge is 0.489 e. The molecule has 1 rings (SSSR count). The minimum Gasteiger partial charge on any atom is -0.489 e. The maximum atomic E-state index is 11.8. The molecule has 3 N–H and O–H groups in total. The Hall–Kier alpha value is -2.50. The van der Waals surface area contributed by atoms with Crippen molar-refractivity contribution in [1.82, 2.24) is 16.0 Å². The van der Waals surface area contributed by atoms with Crippen molar-refractivity contribution in [1.29, 1.82) is 0 Å². The van der Waals surface area contributed by atoms with Gasteiger partial charge in [-0.1, -0.05) is 51.6 Å². The van der Waals surface area contributed by atoms with E-state index < -0.39 is 0 Å². The van der Waals surface area contributed by atoms with Gasteiger partial charge in [0, 0.05) is 37.7 Å². The van der Waals surface area contributed by atoms with Crippen LogP contribution >= 0.6 is 0 Å². The maximum absolute atomic E-state index is 11.8. The molecule has 25 heavy (non-hydrogen) atoms. The van der Waals surface area contributed by atoms with E-state index >= 15 is 0 Å². The van der Waals surface area contributed by atoms with Crippen LogP contribution in [0.25, 0.3) is 0 Å². The van der Waals surface area contributed by atoms with Crippen molar-refractivity contribution in [3.05, 3.63) is 42.5 Å². The minimum atomic E-state index is -0.380. The molecule has 0 fully saturated rings. The number of amides is 1. The second-order valence-electron chi connectivity index (χ2n) is 6.57. The van der Waals surface area contributed by atoms with Gasteiger partial charge in [-0.3, -0.25) is 9.79 Å². The lowest BCUT2D eigenvalue weighted by Gasteiger charge is -2.18. The van der Waals surface area contributed by atoms with Crippen LogP contribution in [0, 0.1) is 5.41 Å². The lowest BCUT2D eigenvalue weighted by molar-refractivity contribution is -0.128. The van der Waals surface area contributed by atoms with Gasteiger partial charge in [0.05, 0.1) is 0 Å². The van der Waals surface area contributed by atoms with E-state index in [9.17, 15) is 4.79 Å². The molecular weight excluding hydrogens is 316 g/mol. The van der Waals surface area contributed by atoms with Crippen LogP contribution in [0.4, 0.5) is 0 Å². The third-order valence-corrected chi connectivity index (χ3v) is 3.38. The zero-order chi connectivity index (χ0) is 18.7. The second-order valence-corrected chi connectivity index (χ2v) is 6.57. The van der Waals surface area contributed by atoms with Crippen molar-refractivity contribution in [2.45, 2.75) is 27.3 Å². The fraction of sp³-hybridized carbons (Fsp3) is 0.474. The summed E-state index contributed by atoms with van der Waals surface area (Å²) in [5.41, 5.74) is 0.656. The predicted octanol–water partition coefficient (Wildman–Crippen LogP) is 2.08. The van der Waals surface area contributed by atoms with Crippen molar-refractivity contribution in [2.75, 3.05) is 26.7 Å². The van der Waals surface area contributed by atoms with Crippen LogP contribution in [0.1, 0.15) is 26.3 Å². The first kappa shape index (κ1) is 20.5. The summed E-state index contributed by atoms with van der Waals surface area (Å²) in [5.74, 6) is 1.52. The van der Waals surface area contributed by atoms with E-state index in [2.05, 4.69) is 27.5 Å². The summed E-state index contributed by atoms with van der Waals surface area (Å²) in [5, 5.41) is 9.31. The molecule has 0 aromatic heterocycles. The van der Waals surface area contributed by atoms with Crippen molar-refractivity contribution in [3.8, 4) is 5.75 Å². The number of hydrogen-bond acceptors (Lipinski definition) is 3. The highest BCUT2D eigenvalue weighted by Crippen LogP contribution is 2.17. The standard InChI is InChI=1S/C19H30N4O2/c1-6-13-25-16-10-8-7-9-15(16)14-23-18(20-5)22-12-11-21-17(24)19(2,3)4/h6-10H,1,11-14H2,2-5H3,(H,21,24)(H2,20,22,23). The molecule has 0 bridgehead atoms. The van der Waals surface area contributed by atoms with E-state index in [4.69, 9.17) is 4.74 Å². The van der Waals surface area contributed by atoms with E-state index in [0.29, 0.717) is 32.2 Å². The monoisotopic (exact) mass is 346 g/mol. The summed E-state index contributed by atoms with van der Waals surface area (Å²) in [6, 6.07) is 7.84. The number of benzene rings is 1. The Morgan fingerprint density at radius 2 is 1.88 bits per heavy atom. The fourth-order valence-electron chi connectivity index (χ4n) is 1.96. The molecule has 0 radical (unpaired) electrons. The summed E-state index contributed by atoms with van der Waals surface area (Å²) >= 11 is 0. The van der Waals surface area contributed by atoms with E-state index in [0.717, 1.165) is 11.3 Å². The number of para-hydroxylation sites is 1. The van der Waals surface area contributed by atoms with Gasteiger partial charge in [-0.15, -0.1) is 0 Å². The summed E-state index contributed by atoms with van der Waals surface area (Å²) in [6.45, 7) is 11.5. The number of aliphatic imine (C=N–C) groups is 1. The van der Waals surface area contributed by atoms with Crippen molar-refractivity contribution in [3.63, 3.8) is 0 Å². The first-order chi connectivity index (χ1) is 11.9. The van der Waals surface area contributed by atoms with Crippen molar-refractivity contribution in [2.24, 2.45) is 10.4 Å². The Bertz CT molecular complexity index is 591. The molecule has 0 heterocycles. The van der Waals surface area contributed by atoms with Gasteiger partial charge in [-0.05, 0) is 6.07 Å². The number of hydrogen-bond donors (Lipinski definition) is 3. The Balaban J connectivity index is 2.42. The number of ether oxygens (including phenoxy) is 1. The molecular formula is C19H30N4O2. The molecule has 0 aliphatic rings. The third-order valence-electron chi connectivity index (χ3n) is 3.38. The molecule has 1 aromatic carbocycles. The van der Waals surface area contributed by atoms with Crippen LogP contribution in [0.15, 0.2) is 41.9 Å². The highest BCUT2D eigenvalue weighted by atomic mass is 16.5. The summed E-state index contributed by atoms with van der Waals surface area (Å²) < 4.78 is 5.64. The van der Waals surface area contributed by atoms with E-state index in [1.54, 1.807) is 13.1 Å². The second kappa shape index (κ2) is 10.4. The number of carbonyl (C=O) groups is 1. The van der Waals surface area contributed by atoms with Crippen molar-refractivity contribution < 1.29 is 9.53 Å². The van der Waals surface area contributed by atoms with Crippen LogP contribution in [-0.2, 0) is 11.3 Å². The molecule has 0 spiro atoms. The number of nitrogens with zero attached hydrogens (tertiary/aromatic N) is 1. The number of rotatable bonds is 8. The van der Waals surface area contributed by atoms with Gasteiger partial charge < -0.3 is 20.7 Å². The van der Waals surface area contributed by atoms with Crippen LogP contribution in [0.3, 0.4) is 0 Å². The number of carbonyl (C=O) groups excluding carboxylic acids is 1. The van der Waals surface area contributed by atoms with Crippen molar-refractivity contribution >= 4 is 11.9 Å². The van der Waals surface area contributed by atoms with Gasteiger partial charge in [0.1, 0.15) is 12.4 Å². The lowest BCUT2D eigenvalue weighted by Crippen LogP contribution is -2.43. The molecule has 0 saturated heterocycles. The van der Waals surface area contributed by atoms with Crippen LogP contribution in [0.5, 0.6) is 5.75 Å². The first-order valence-electron chi connectivity index (χ1n) is 8.43. The Morgan fingerprint density at radius 3 is 2.52 bits per heavy atom. The fourth-order valence-corrected chi connectivity index (χ4v) is 1.96. The normalized spacial score (nSPS) is 11.6. The van der Waals surface area contributed by atoms with Gasteiger partial charge in [-0.2, -0.15) is 0 Å². The predicted molar refractivity (Wildman–Crippen MR) is 103 cm³/mol. The molecule has 6 nitrogen and oxygen atoms in total. The molecule has 0 saturated carbocycles. The Labute approximate surface area is 150 Å². The zero-order valence-electron chi connectivity index (χ0n) is 15.7. The molecule has 0 atom stereocenters. The third kappa shape index (κ3) is 7.74. The van der Waals surface area contributed by atoms with Gasteiger partial charge in [0.2, 0.25) is 5.91 Å². The van der Waals surface area contributed by atoms with Crippen LogP contribution in [-0.4, -0.2) is 38.6 Å². The maximum Gasteiger partial charge on any atom is 0.225 e. The van der Waals surface area contributed by atoms with E-state index in [1.807, 2.05) is 45.0 Å². The average molecular weight is 346 g/mol. The van der Waals surface area contributed by atoms with Crippen LogP contribution in [0.2, 0.25) is 0 Å². The molecule has 138 valence electrons. The molecule has 1 aromatic rings. The van der Waals surface area contributed by atoms with Gasteiger partial charge in [0.25, 0.3) is 0 Å². The summed E-state index contributed by atoms with van der Waals surface area (Å²) in [6.07, 6.45) is 1.72. The van der Waals surface area contributed by atoms with Gasteiger partial charge in [0.15, 0.2) is 5.96 Å². The number of nitrogens with one attached hydrogen (secondary N) is 3. The Morgan fingerprint density at radius 1 is 1.20 bits per heavy atom. The quantitative estimate of drug-likeness (QED) is 0.292. The van der Waals surface area contributed by atoms with Crippen LogP contribution < -0.4 is 20.7 Å². The molecule has 0 unspecified atom stereocenters. The lowest BCUT2D eigenvalue weighted by atomic mass is 9.96. The Kier molecular flexibility index (Phi) is 8.53. The smallest absolute Gasteiger partial charge is 0.225 e. The zero-order valence-corrected chi connectivity index (χ0v) is 15.7. The highest BCUT2D eigenvalue weighted by Gasteiger charge is 2.20. The first-order valence-corrected chi connectivity index (χ1v) is 8.43. The summed E-state index contributed by atoms with van der Waals surface area (Å²) in [7, 11) is 1.71. The topological polar surface area (TPSA) is 74.8 Å². The SMILES string of the molecule is C=CCOc1ccccc1CNC(=NC)NCCNC(=O)C(C)(C)C. The van der Waals surface area contributed by atoms with Gasteiger partial charge in [-0.25, -0.2) is 0 Å². The summed E-state index contributed by atoms with van der Waals surface area (Å²) in [4.78, 5) is 16.0. The molecule has 1 amide bonds. The number of guanidine groups is 1.